The number of nitrogens with zero attached hydrogens (tertiary/aromatic N) is 1. The third-order valence-corrected chi connectivity index (χ3v) is 15.3. The molecule has 2 saturated heterocycles. The first-order chi connectivity index (χ1) is 30.7. The highest BCUT2D eigenvalue weighted by Gasteiger charge is 2.53. The number of methoxy groups -OCH3 is 3. The number of hydrogen-bond donors (Lipinski definition) is 1. The number of amides is 1. The van der Waals surface area contributed by atoms with E-state index in [0.717, 1.165) is 24.8 Å². The first-order valence-corrected chi connectivity index (χ1v) is 24.6. The van der Waals surface area contributed by atoms with Crippen LogP contribution >= 0.6 is 0 Å². The molecule has 2 unspecified atom stereocenters. The molecule has 1 aliphatic carbocycles. The van der Waals surface area contributed by atoms with Crippen molar-refractivity contribution in [1.29, 1.82) is 0 Å². The van der Waals surface area contributed by atoms with Gasteiger partial charge in [0, 0.05) is 52.6 Å². The van der Waals surface area contributed by atoms with Gasteiger partial charge in [0.25, 0.3) is 11.7 Å². The maximum Gasteiger partial charge on any atom is 0.329 e. The fourth-order valence-corrected chi connectivity index (χ4v) is 10.6. The lowest BCUT2D eigenvalue weighted by Gasteiger charge is -2.42. The third-order valence-electron chi connectivity index (χ3n) is 15.3. The number of carbonyl (C=O) groups excluding carboxylic acids is 5. The van der Waals surface area contributed by atoms with Crippen molar-refractivity contribution in [3.05, 3.63) is 47.6 Å². The Hall–Kier alpha value is -3.29. The molecule has 1 saturated carbocycles. The summed E-state index contributed by atoms with van der Waals surface area (Å²) in [5, 5.41) is 12.0. The number of hydrogen-bond acceptors (Lipinski definition) is 11. The van der Waals surface area contributed by atoms with Gasteiger partial charge in [-0.2, -0.15) is 0 Å². The number of esters is 1. The van der Waals surface area contributed by atoms with Gasteiger partial charge in [-0.25, -0.2) is 4.79 Å². The number of cyclic esters (lactones) is 1. The summed E-state index contributed by atoms with van der Waals surface area (Å²) in [6.07, 6.45) is 16.4. The number of piperidine rings is 1. The average Bonchev–Trinajstić information content (AvgIpc) is 3.28. The first kappa shape index (κ1) is 54.3. The summed E-state index contributed by atoms with van der Waals surface area (Å²) >= 11 is 0. The van der Waals surface area contributed by atoms with Crippen LogP contribution in [0.15, 0.2) is 47.6 Å². The van der Waals surface area contributed by atoms with E-state index in [1.54, 1.807) is 35.2 Å². The lowest BCUT2D eigenvalue weighted by molar-refractivity contribution is -0.265. The second kappa shape index (κ2) is 25.2. The summed E-state index contributed by atoms with van der Waals surface area (Å²) in [6, 6.07) is -1.08. The second-order valence-corrected chi connectivity index (χ2v) is 20.4. The number of carbonyl (C=O) groups is 5. The molecule has 4 aliphatic rings. The maximum absolute atomic E-state index is 14.4. The van der Waals surface area contributed by atoms with Crippen molar-refractivity contribution in [2.24, 2.45) is 47.3 Å². The quantitative estimate of drug-likeness (QED) is 0.201. The summed E-state index contributed by atoms with van der Waals surface area (Å²) in [5.74, 6) is -6.02. The van der Waals surface area contributed by atoms with Gasteiger partial charge in [0.1, 0.15) is 18.2 Å². The minimum Gasteiger partial charge on any atom is -0.460 e. The van der Waals surface area contributed by atoms with E-state index in [0.29, 0.717) is 62.4 Å². The van der Waals surface area contributed by atoms with E-state index in [2.05, 4.69) is 19.9 Å². The maximum atomic E-state index is 14.4. The molecule has 3 aliphatic heterocycles. The van der Waals surface area contributed by atoms with Crippen molar-refractivity contribution < 1.29 is 52.8 Å². The van der Waals surface area contributed by atoms with E-state index in [1.165, 1.54) is 4.90 Å². The normalized spacial score (nSPS) is 38.6. The lowest BCUT2D eigenvalue weighted by atomic mass is 9.76. The largest absolute Gasteiger partial charge is 0.460 e. The minimum absolute atomic E-state index is 0.0218. The molecule has 4 rings (SSSR count). The van der Waals surface area contributed by atoms with E-state index in [1.807, 2.05) is 65.0 Å². The number of ether oxygens (including phenoxy) is 5. The van der Waals surface area contributed by atoms with Crippen LogP contribution < -0.4 is 0 Å². The van der Waals surface area contributed by atoms with Gasteiger partial charge < -0.3 is 33.7 Å². The second-order valence-electron chi connectivity index (χ2n) is 20.4. The summed E-state index contributed by atoms with van der Waals surface area (Å²) in [7, 11) is 4.90. The molecule has 3 fully saturated rings. The monoisotopic (exact) mass is 910 g/mol. The SMILES string of the molecule is CO[C@H]1C[C@@H]2CC[C@@H](C)[C@@](O)(O2)C(=O)C(=O)N2CCCC[C@H]2C(=O)O[C@H]([C@H](C)CC2CC[C@@H](C)[C@H](OC)C2)CC(=O)/C(C)=C/C(C)[C@@H](C)[C@@H](OC)C(=O)[C@H](C)C[C@H](C)C=CC=CC=C1C. The van der Waals surface area contributed by atoms with E-state index in [9.17, 15) is 29.1 Å². The number of allylic oxidation sites excluding steroid dienone is 7. The van der Waals surface area contributed by atoms with Crippen LogP contribution in [0.3, 0.4) is 0 Å². The van der Waals surface area contributed by atoms with Gasteiger partial charge in [0.15, 0.2) is 11.6 Å². The predicted molar refractivity (Wildman–Crippen MR) is 251 cm³/mol. The highest BCUT2D eigenvalue weighted by atomic mass is 16.6. The Bertz CT molecular complexity index is 1750. The van der Waals surface area contributed by atoms with Crippen LogP contribution in [-0.2, 0) is 47.7 Å². The number of rotatable bonds is 6. The van der Waals surface area contributed by atoms with E-state index < -0.39 is 53.7 Å². The summed E-state index contributed by atoms with van der Waals surface area (Å²) in [4.78, 5) is 72.2. The Kier molecular flexibility index (Phi) is 21.0. The molecule has 1 amide bonds. The molecule has 0 aromatic rings. The van der Waals surface area contributed by atoms with E-state index in [4.69, 9.17) is 23.7 Å². The Morgan fingerprint density at radius 1 is 0.846 bits per heavy atom. The van der Waals surface area contributed by atoms with Gasteiger partial charge in [-0.3, -0.25) is 19.2 Å². The zero-order chi connectivity index (χ0) is 48.2. The topological polar surface area (TPSA) is 155 Å². The van der Waals surface area contributed by atoms with Crippen molar-refractivity contribution in [1.82, 2.24) is 4.90 Å². The minimum atomic E-state index is -2.39. The Morgan fingerprint density at radius 2 is 1.57 bits per heavy atom. The summed E-state index contributed by atoms with van der Waals surface area (Å²) < 4.78 is 30.1. The van der Waals surface area contributed by atoms with Crippen molar-refractivity contribution >= 4 is 29.2 Å². The zero-order valence-corrected chi connectivity index (χ0v) is 41.7. The Morgan fingerprint density at radius 3 is 2.25 bits per heavy atom. The molecule has 2 bridgehead atoms. The predicted octanol–water partition coefficient (Wildman–Crippen LogP) is 8.73. The van der Waals surface area contributed by atoms with Gasteiger partial charge in [0.2, 0.25) is 5.79 Å². The fourth-order valence-electron chi connectivity index (χ4n) is 10.6. The van der Waals surface area contributed by atoms with Crippen LogP contribution in [0.1, 0.15) is 139 Å². The number of ketones is 3. The molecule has 15 atom stereocenters. The van der Waals surface area contributed by atoms with E-state index in [-0.39, 0.29) is 72.8 Å². The highest BCUT2D eigenvalue weighted by Crippen LogP contribution is 2.38. The number of fused-ring (bicyclic) bond motifs is 3. The van der Waals surface area contributed by atoms with Crippen molar-refractivity contribution in [3.8, 4) is 0 Å². The zero-order valence-electron chi connectivity index (χ0n) is 41.7. The standard InChI is InChI=1S/C53H83NO11/c1-32-18-14-13-15-19-33(2)46(62-11)30-42-24-22-39(8)53(60,65-42)50(57)51(58)54-25-17-16-20-43(54)52(59)64-47(37(6)28-41-23-21-34(3)45(29-41)61-10)31-44(55)36(5)27-35(4)40(9)49(63-12)48(56)38(7)26-32/h13-15,18-19,27,32,34-35,37-43,45-47,49,60H,16-17,20-26,28-31H2,1-12H3/b15-13?,18-14?,33-19?,36-27+/t32-,34-,35?,37-,38-,39-,40-,41?,42+,43+,45-,46+,47+,49-,53-/m1/s1. The highest BCUT2D eigenvalue weighted by molar-refractivity contribution is 6.39. The summed E-state index contributed by atoms with van der Waals surface area (Å²) in [6.45, 7) is 17.7. The molecule has 1 N–H and O–H groups in total. The van der Waals surface area contributed by atoms with Crippen LogP contribution in [0.25, 0.3) is 0 Å². The van der Waals surface area contributed by atoms with Crippen LogP contribution in [0.5, 0.6) is 0 Å². The molecular weight excluding hydrogens is 827 g/mol. The van der Waals surface area contributed by atoms with Gasteiger partial charge in [0.05, 0.1) is 18.3 Å². The molecule has 366 valence electrons. The van der Waals surface area contributed by atoms with Crippen LogP contribution in [0, 0.1) is 47.3 Å². The molecular formula is C53H83NO11. The average molecular weight is 910 g/mol. The van der Waals surface area contributed by atoms with Crippen LogP contribution in [-0.4, -0.2) is 109 Å². The van der Waals surface area contributed by atoms with Crippen molar-refractivity contribution in [2.75, 3.05) is 27.9 Å². The molecule has 0 aromatic heterocycles. The Labute approximate surface area is 390 Å². The van der Waals surface area contributed by atoms with Gasteiger partial charge in [-0.05, 0) is 125 Å². The number of aliphatic hydroxyl groups is 1. The number of Topliss-reactive ketones (excluding diaryl/α,β-unsaturated/α-hetero) is 3. The van der Waals surface area contributed by atoms with Gasteiger partial charge in [-0.15, -0.1) is 0 Å². The summed E-state index contributed by atoms with van der Waals surface area (Å²) in [5.41, 5.74) is 1.42. The molecule has 3 heterocycles. The Balaban J connectivity index is 1.70. The molecule has 0 spiro atoms. The molecule has 0 aromatic carbocycles. The van der Waals surface area contributed by atoms with Crippen molar-refractivity contribution in [2.45, 2.75) is 182 Å². The molecule has 0 radical (unpaired) electrons. The molecule has 12 nitrogen and oxygen atoms in total. The lowest BCUT2D eigenvalue weighted by Crippen LogP contribution is -2.61. The van der Waals surface area contributed by atoms with Crippen LogP contribution in [0.2, 0.25) is 0 Å². The fraction of sp³-hybridized carbons (Fsp3) is 0.755. The van der Waals surface area contributed by atoms with Crippen LogP contribution in [0.4, 0.5) is 0 Å². The first-order valence-electron chi connectivity index (χ1n) is 24.6. The third kappa shape index (κ3) is 14.4. The smallest absolute Gasteiger partial charge is 0.329 e. The molecule has 12 heteroatoms. The van der Waals surface area contributed by atoms with Crippen molar-refractivity contribution in [3.63, 3.8) is 0 Å². The van der Waals surface area contributed by atoms with Gasteiger partial charge >= 0.3 is 5.97 Å². The van der Waals surface area contributed by atoms with Gasteiger partial charge in [-0.1, -0.05) is 84.9 Å². The molecule has 65 heavy (non-hydrogen) atoms. The van der Waals surface area contributed by atoms with E-state index >= 15 is 0 Å².